The van der Waals surface area contributed by atoms with Crippen molar-refractivity contribution in [1.82, 2.24) is 4.90 Å². The van der Waals surface area contributed by atoms with Crippen molar-refractivity contribution in [1.29, 1.82) is 0 Å². The van der Waals surface area contributed by atoms with Gasteiger partial charge in [-0.1, -0.05) is 12.2 Å². The summed E-state index contributed by atoms with van der Waals surface area (Å²) in [4.78, 5) is 5.85. The molecule has 1 nitrogen and oxygen atoms in total. The van der Waals surface area contributed by atoms with Crippen molar-refractivity contribution in [2.75, 3.05) is 19.6 Å². The number of allylic oxidation sites excluding steroid dienone is 4. The molecule has 0 amide bonds. The van der Waals surface area contributed by atoms with Crippen molar-refractivity contribution in [2.45, 2.75) is 43.6 Å². The van der Waals surface area contributed by atoms with Gasteiger partial charge in [0.1, 0.15) is 0 Å². The van der Waals surface area contributed by atoms with Crippen LogP contribution in [0.1, 0.15) is 33.1 Å². The van der Waals surface area contributed by atoms with Gasteiger partial charge < -0.3 is 12.3 Å². The standard InChI is InChI=1S/C17H25NS2.CH3.2ClH.Cr/c1-11-9-14-13(5-8-18-6-3-4-7-18)15-10-12(2)20-17(15)16(14)19-11;;;;/h9-10,13-17H,3-8H2,1-2H3;1H3;2*1H;/q;-1;;;+2/p-2. The molecule has 0 bridgehead atoms. The van der Waals surface area contributed by atoms with Gasteiger partial charge >= 0.3 is 33.5 Å². The second kappa shape index (κ2) is 9.98. The van der Waals surface area contributed by atoms with Gasteiger partial charge in [-0.15, -0.1) is 23.5 Å². The molecule has 0 radical (unpaired) electrons. The zero-order chi connectivity index (χ0) is 16.4. The van der Waals surface area contributed by atoms with Crippen LogP contribution in [0.25, 0.3) is 0 Å². The number of hydrogen-bond donors (Lipinski definition) is 0. The fourth-order valence-corrected chi connectivity index (χ4v) is 7.85. The van der Waals surface area contributed by atoms with Crippen molar-refractivity contribution >= 4 is 43.6 Å². The van der Waals surface area contributed by atoms with Gasteiger partial charge in [0, 0.05) is 10.5 Å². The monoisotopic (exact) mass is 444 g/mol. The average molecular weight is 445 g/mol. The summed E-state index contributed by atoms with van der Waals surface area (Å²) < 4.78 is 0. The predicted octanol–water partition coefficient (Wildman–Crippen LogP) is 6.20. The van der Waals surface area contributed by atoms with Gasteiger partial charge in [0.15, 0.2) is 0 Å². The topological polar surface area (TPSA) is 3.24 Å². The molecule has 4 atom stereocenters. The number of fused-ring (bicyclic) bond motifs is 3. The summed E-state index contributed by atoms with van der Waals surface area (Å²) in [7, 11) is 9.65. The Morgan fingerprint density at radius 3 is 1.96 bits per heavy atom. The predicted molar refractivity (Wildman–Crippen MR) is 109 cm³/mol. The van der Waals surface area contributed by atoms with Gasteiger partial charge in [-0.2, -0.15) is 0 Å². The number of likely N-dealkylation sites (tertiary alicyclic amines) is 1. The maximum absolute atomic E-state index is 4.83. The van der Waals surface area contributed by atoms with Crippen LogP contribution in [0.15, 0.2) is 22.0 Å². The molecule has 4 rings (SSSR count). The third-order valence-corrected chi connectivity index (χ3v) is 8.49. The Labute approximate surface area is 171 Å². The molecular formula is C18H28Cl2CrNS2-. The van der Waals surface area contributed by atoms with Gasteiger partial charge in [0.2, 0.25) is 0 Å². The van der Waals surface area contributed by atoms with E-state index in [1.165, 1.54) is 38.9 Å². The van der Waals surface area contributed by atoms with Gasteiger partial charge in [0.25, 0.3) is 0 Å². The molecule has 24 heavy (non-hydrogen) atoms. The van der Waals surface area contributed by atoms with E-state index in [1.807, 2.05) is 0 Å². The summed E-state index contributed by atoms with van der Waals surface area (Å²) in [6.07, 6.45) is 9.47. The van der Waals surface area contributed by atoms with E-state index in [4.69, 9.17) is 20.1 Å². The Hall–Kier alpha value is 1.25. The molecule has 6 heteroatoms. The van der Waals surface area contributed by atoms with Crippen LogP contribution < -0.4 is 0 Å². The van der Waals surface area contributed by atoms with Crippen LogP contribution in [-0.4, -0.2) is 35.0 Å². The summed E-state index contributed by atoms with van der Waals surface area (Å²) in [5.41, 5.74) is 0. The Morgan fingerprint density at radius 2 is 1.50 bits per heavy atom. The first-order valence-corrected chi connectivity index (χ1v) is 13.7. The maximum atomic E-state index is 4.83. The fraction of sp³-hybridized carbons (Fsp3) is 0.722. The van der Waals surface area contributed by atoms with E-state index in [9.17, 15) is 0 Å². The van der Waals surface area contributed by atoms with E-state index in [0.717, 1.165) is 28.3 Å². The molecule has 4 unspecified atom stereocenters. The fourth-order valence-electron chi connectivity index (χ4n) is 4.68. The Kier molecular flexibility index (Phi) is 8.96. The van der Waals surface area contributed by atoms with Crippen LogP contribution in [0.2, 0.25) is 0 Å². The van der Waals surface area contributed by atoms with Crippen LogP contribution in [0, 0.1) is 25.2 Å². The van der Waals surface area contributed by atoms with E-state index in [0.29, 0.717) is 0 Å². The number of thioether (sulfide) groups is 2. The summed E-state index contributed by atoms with van der Waals surface area (Å²) in [6, 6.07) is 0. The third-order valence-electron chi connectivity index (χ3n) is 5.55. The van der Waals surface area contributed by atoms with E-state index in [1.54, 1.807) is 9.81 Å². The van der Waals surface area contributed by atoms with Crippen LogP contribution >= 0.6 is 43.6 Å². The molecule has 0 aromatic rings. The van der Waals surface area contributed by atoms with E-state index in [2.05, 4.69) is 54.4 Å². The first kappa shape index (κ1) is 21.6. The Morgan fingerprint density at radius 1 is 1.04 bits per heavy atom. The molecule has 3 heterocycles. The molecule has 1 saturated heterocycles. The van der Waals surface area contributed by atoms with Crippen LogP contribution in [0.5, 0.6) is 0 Å². The van der Waals surface area contributed by atoms with Crippen LogP contribution in [0.3, 0.4) is 0 Å². The molecule has 1 aliphatic carbocycles. The molecule has 2 fully saturated rings. The molecule has 1 saturated carbocycles. The van der Waals surface area contributed by atoms with Crippen LogP contribution in [-0.2, 0) is 13.4 Å². The Bertz CT molecular complexity index is 448. The minimum atomic E-state index is -0.181. The second-order valence-corrected chi connectivity index (χ2v) is 11.9. The Balaban J connectivity index is 0.000000487. The number of halogens is 2. The van der Waals surface area contributed by atoms with Gasteiger partial charge in [-0.25, -0.2) is 0 Å². The van der Waals surface area contributed by atoms with Crippen molar-refractivity contribution in [3.8, 4) is 0 Å². The quantitative estimate of drug-likeness (QED) is 0.476. The van der Waals surface area contributed by atoms with Crippen LogP contribution in [0.4, 0.5) is 0 Å². The molecule has 4 aliphatic rings. The second-order valence-electron chi connectivity index (χ2n) is 6.93. The first-order valence-electron chi connectivity index (χ1n) is 8.46. The van der Waals surface area contributed by atoms with Crippen molar-refractivity contribution in [3.63, 3.8) is 0 Å². The molecule has 0 N–H and O–H groups in total. The third kappa shape index (κ3) is 4.75. The summed E-state index contributed by atoms with van der Waals surface area (Å²) in [6.45, 7) is 8.67. The van der Waals surface area contributed by atoms with E-state index < -0.39 is 0 Å². The van der Waals surface area contributed by atoms with E-state index >= 15 is 0 Å². The summed E-state index contributed by atoms with van der Waals surface area (Å²) in [5, 5.41) is 1.73. The van der Waals surface area contributed by atoms with Crippen molar-refractivity contribution in [3.05, 3.63) is 29.4 Å². The zero-order valence-electron chi connectivity index (χ0n) is 14.7. The van der Waals surface area contributed by atoms with Gasteiger partial charge in [-0.05, 0) is 80.3 Å². The van der Waals surface area contributed by atoms with E-state index in [-0.39, 0.29) is 20.8 Å². The normalized spacial score (nSPS) is 37.1. The molecule has 0 aromatic heterocycles. The molecule has 0 aromatic carbocycles. The summed E-state index contributed by atoms with van der Waals surface area (Å²) >= 11 is 4.16. The van der Waals surface area contributed by atoms with Crippen molar-refractivity contribution in [2.24, 2.45) is 17.8 Å². The molecule has 3 aliphatic heterocycles. The average Bonchev–Trinajstić information content (AvgIpc) is 3.23. The molecule has 138 valence electrons. The first-order chi connectivity index (χ1) is 11.1. The number of hydrogen-bond acceptors (Lipinski definition) is 3. The zero-order valence-corrected chi connectivity index (χ0v) is 19.1. The SMILES string of the molecule is CC1=CC2C(CCN3CCCC3)C3C=C(C)SC3C2S1.[CH3-].[Cl][Cr][Cl]. The molecular weight excluding hydrogens is 417 g/mol. The van der Waals surface area contributed by atoms with Gasteiger partial charge in [0.05, 0.1) is 0 Å². The number of nitrogens with zero attached hydrogens (tertiary/aromatic N) is 1. The number of rotatable bonds is 3. The minimum absolute atomic E-state index is 0. The molecule has 0 spiro atoms. The van der Waals surface area contributed by atoms with Crippen molar-refractivity contribution < 1.29 is 13.4 Å². The van der Waals surface area contributed by atoms with Gasteiger partial charge in [-0.3, -0.25) is 0 Å². The summed E-state index contributed by atoms with van der Waals surface area (Å²) in [5.74, 6) is 2.62.